The molecule has 0 saturated carbocycles. The van der Waals surface area contributed by atoms with Crippen molar-refractivity contribution in [1.29, 1.82) is 0 Å². The predicted octanol–water partition coefficient (Wildman–Crippen LogP) is 5.08. The molecule has 2 aromatic heterocycles. The molecule has 0 spiro atoms. The van der Waals surface area contributed by atoms with E-state index >= 15 is 0 Å². The maximum absolute atomic E-state index is 11.3. The van der Waals surface area contributed by atoms with Crippen molar-refractivity contribution in [3.63, 3.8) is 0 Å². The van der Waals surface area contributed by atoms with Crippen LogP contribution >= 0.6 is 39.0 Å². The molecule has 0 aliphatic heterocycles. The third-order valence-corrected chi connectivity index (χ3v) is 6.16. The number of thiophene rings is 1. The number of halogens is 1. The van der Waals surface area contributed by atoms with E-state index in [-0.39, 0.29) is 0 Å². The summed E-state index contributed by atoms with van der Waals surface area (Å²) in [6.45, 7) is 1.87. The van der Waals surface area contributed by atoms with E-state index < -0.39 is 11.2 Å². The largest absolute Gasteiger partial charge is 0.480 e. The number of rotatable bonds is 5. The van der Waals surface area contributed by atoms with Gasteiger partial charge in [0.05, 0.1) is 5.39 Å². The molecule has 4 nitrogen and oxygen atoms in total. The number of hydrogen-bond donors (Lipinski definition) is 1. The zero-order chi connectivity index (χ0) is 16.4. The summed E-state index contributed by atoms with van der Waals surface area (Å²) in [6.07, 6.45) is 2.05. The van der Waals surface area contributed by atoms with Gasteiger partial charge in [0.1, 0.15) is 21.4 Å². The molecule has 0 aliphatic carbocycles. The molecule has 3 aromatic rings. The van der Waals surface area contributed by atoms with Gasteiger partial charge in [-0.25, -0.2) is 9.97 Å². The van der Waals surface area contributed by atoms with Gasteiger partial charge in [0.25, 0.3) is 0 Å². The molecule has 0 unspecified atom stereocenters. The molecule has 0 fully saturated rings. The highest BCUT2D eigenvalue weighted by molar-refractivity contribution is 9.10. The lowest BCUT2D eigenvalue weighted by molar-refractivity contribution is -0.136. The van der Waals surface area contributed by atoms with E-state index in [1.54, 1.807) is 11.3 Å². The molecule has 1 aromatic carbocycles. The van der Waals surface area contributed by atoms with Crippen LogP contribution in [0.3, 0.4) is 0 Å². The first-order valence-corrected chi connectivity index (χ1v) is 9.53. The highest BCUT2D eigenvalue weighted by atomic mass is 79.9. The monoisotopic (exact) mass is 408 g/mol. The van der Waals surface area contributed by atoms with Crippen LogP contribution in [0.15, 0.2) is 45.5 Å². The van der Waals surface area contributed by atoms with E-state index in [0.717, 1.165) is 30.8 Å². The molecule has 118 valence electrons. The quantitative estimate of drug-likeness (QED) is 0.471. The van der Waals surface area contributed by atoms with Crippen LogP contribution in [-0.2, 0) is 4.79 Å². The number of thioether (sulfide) groups is 1. The van der Waals surface area contributed by atoms with E-state index in [4.69, 9.17) is 0 Å². The van der Waals surface area contributed by atoms with E-state index in [2.05, 4.69) is 25.9 Å². The summed E-state index contributed by atoms with van der Waals surface area (Å²) in [6, 6.07) is 8.03. The van der Waals surface area contributed by atoms with Gasteiger partial charge < -0.3 is 5.11 Å². The highest BCUT2D eigenvalue weighted by Crippen LogP contribution is 2.39. The highest BCUT2D eigenvalue weighted by Gasteiger charge is 2.21. The SMILES string of the molecule is CC[C@H](Sc1ncnc2scc(-c3ccc(Br)cc3)c12)C(=O)O. The number of benzene rings is 1. The minimum atomic E-state index is -0.815. The van der Waals surface area contributed by atoms with Crippen LogP contribution in [0.25, 0.3) is 21.3 Å². The molecule has 0 bridgehead atoms. The van der Waals surface area contributed by atoms with Crippen LogP contribution in [0.5, 0.6) is 0 Å². The van der Waals surface area contributed by atoms with Gasteiger partial charge >= 0.3 is 5.97 Å². The number of carboxylic acids is 1. The fourth-order valence-electron chi connectivity index (χ4n) is 2.22. The summed E-state index contributed by atoms with van der Waals surface area (Å²) >= 11 is 6.28. The van der Waals surface area contributed by atoms with Crippen molar-refractivity contribution in [2.45, 2.75) is 23.6 Å². The lowest BCUT2D eigenvalue weighted by atomic mass is 10.1. The lowest BCUT2D eigenvalue weighted by Gasteiger charge is -2.10. The molecular formula is C16H13BrN2O2S2. The first kappa shape index (κ1) is 16.4. The second-order valence-electron chi connectivity index (χ2n) is 4.87. The van der Waals surface area contributed by atoms with Gasteiger partial charge in [-0.2, -0.15) is 0 Å². The fourth-order valence-corrected chi connectivity index (χ4v) is 4.44. The predicted molar refractivity (Wildman–Crippen MR) is 98.1 cm³/mol. The molecule has 0 radical (unpaired) electrons. The van der Waals surface area contributed by atoms with Gasteiger partial charge in [0.15, 0.2) is 0 Å². The summed E-state index contributed by atoms with van der Waals surface area (Å²) in [5.41, 5.74) is 2.11. The molecular weight excluding hydrogens is 396 g/mol. The van der Waals surface area contributed by atoms with Crippen molar-refractivity contribution in [2.75, 3.05) is 0 Å². The van der Waals surface area contributed by atoms with Gasteiger partial charge in [0.2, 0.25) is 0 Å². The average Bonchev–Trinajstić information content (AvgIpc) is 2.98. The Balaban J connectivity index is 2.10. The molecule has 3 rings (SSSR count). The summed E-state index contributed by atoms with van der Waals surface area (Å²) in [5.74, 6) is -0.815. The second-order valence-corrected chi connectivity index (χ2v) is 7.83. The van der Waals surface area contributed by atoms with Crippen LogP contribution in [0.4, 0.5) is 0 Å². The Morgan fingerprint density at radius 2 is 2.09 bits per heavy atom. The number of nitrogens with zero attached hydrogens (tertiary/aromatic N) is 2. The molecule has 0 amide bonds. The van der Waals surface area contributed by atoms with Crippen molar-refractivity contribution in [1.82, 2.24) is 9.97 Å². The normalized spacial score (nSPS) is 12.4. The van der Waals surface area contributed by atoms with Crippen molar-refractivity contribution < 1.29 is 9.90 Å². The molecule has 2 heterocycles. The van der Waals surface area contributed by atoms with E-state index in [1.807, 2.05) is 36.6 Å². The Labute approximate surface area is 150 Å². The first-order chi connectivity index (χ1) is 11.1. The maximum Gasteiger partial charge on any atom is 0.317 e. The standard InChI is InChI=1S/C16H13BrN2O2S2/c1-2-12(16(20)21)23-15-13-11(7-22-14(13)18-8-19-15)9-3-5-10(17)6-4-9/h3-8,12H,2H2,1H3,(H,20,21)/t12-/m0/s1. The number of carbonyl (C=O) groups is 1. The Kier molecular flexibility index (Phi) is 4.99. The van der Waals surface area contributed by atoms with Crippen LogP contribution < -0.4 is 0 Å². The first-order valence-electron chi connectivity index (χ1n) is 6.97. The smallest absolute Gasteiger partial charge is 0.317 e. The van der Waals surface area contributed by atoms with Gasteiger partial charge in [-0.3, -0.25) is 4.79 Å². The van der Waals surface area contributed by atoms with Gasteiger partial charge in [-0.05, 0) is 24.1 Å². The van der Waals surface area contributed by atoms with Crippen molar-refractivity contribution in [2.24, 2.45) is 0 Å². The second kappa shape index (κ2) is 6.98. The van der Waals surface area contributed by atoms with Crippen LogP contribution in [0.2, 0.25) is 0 Å². The molecule has 7 heteroatoms. The van der Waals surface area contributed by atoms with Crippen molar-refractivity contribution in [3.05, 3.63) is 40.4 Å². The zero-order valence-corrected chi connectivity index (χ0v) is 15.4. The minimum absolute atomic E-state index is 0.509. The number of hydrogen-bond acceptors (Lipinski definition) is 5. The van der Waals surface area contributed by atoms with E-state index in [9.17, 15) is 9.90 Å². The van der Waals surface area contributed by atoms with Gasteiger partial charge in [0, 0.05) is 15.4 Å². The molecule has 23 heavy (non-hydrogen) atoms. The lowest BCUT2D eigenvalue weighted by Crippen LogP contribution is -2.15. The molecule has 1 atom stereocenters. The molecule has 0 saturated heterocycles. The van der Waals surface area contributed by atoms with Crippen molar-refractivity contribution >= 4 is 55.2 Å². The number of aromatic nitrogens is 2. The average molecular weight is 409 g/mol. The van der Waals surface area contributed by atoms with Crippen LogP contribution in [0, 0.1) is 0 Å². The van der Waals surface area contributed by atoms with E-state index in [1.165, 1.54) is 18.1 Å². The Morgan fingerprint density at radius 1 is 1.35 bits per heavy atom. The molecule has 1 N–H and O–H groups in total. The topological polar surface area (TPSA) is 63.1 Å². The summed E-state index contributed by atoms with van der Waals surface area (Å²) in [5, 5.41) is 12.5. The van der Waals surface area contributed by atoms with E-state index in [0.29, 0.717) is 6.42 Å². The number of aliphatic carboxylic acids is 1. The fraction of sp³-hybridized carbons (Fsp3) is 0.188. The number of fused-ring (bicyclic) bond motifs is 1. The Morgan fingerprint density at radius 3 is 2.74 bits per heavy atom. The number of carboxylic acid groups (broad SMARTS) is 1. The van der Waals surface area contributed by atoms with Gasteiger partial charge in [-0.1, -0.05) is 46.7 Å². The van der Waals surface area contributed by atoms with Crippen LogP contribution in [0.1, 0.15) is 13.3 Å². The summed E-state index contributed by atoms with van der Waals surface area (Å²) < 4.78 is 1.02. The zero-order valence-electron chi connectivity index (χ0n) is 12.2. The third kappa shape index (κ3) is 3.41. The Bertz CT molecular complexity index is 849. The van der Waals surface area contributed by atoms with Crippen molar-refractivity contribution in [3.8, 4) is 11.1 Å². The summed E-state index contributed by atoms with van der Waals surface area (Å²) in [7, 11) is 0. The third-order valence-electron chi connectivity index (χ3n) is 3.39. The Hall–Kier alpha value is -1.44. The summed E-state index contributed by atoms with van der Waals surface area (Å²) in [4.78, 5) is 20.9. The molecule has 0 aliphatic rings. The van der Waals surface area contributed by atoms with Crippen LogP contribution in [-0.4, -0.2) is 26.3 Å². The van der Waals surface area contributed by atoms with Gasteiger partial charge in [-0.15, -0.1) is 11.3 Å². The minimum Gasteiger partial charge on any atom is -0.480 e. The maximum atomic E-state index is 11.3.